The minimum Gasteiger partial charge on any atom is -0.508 e. The fourth-order valence-corrected chi connectivity index (χ4v) is 2.24. The number of hydrogen-bond donors (Lipinski definition) is 2. The molecule has 3 rings (SSSR count). The molecule has 3 heteroatoms. The van der Waals surface area contributed by atoms with Gasteiger partial charge in [0.2, 0.25) is 0 Å². The third kappa shape index (κ3) is 1.88. The second kappa shape index (κ2) is 4.26. The van der Waals surface area contributed by atoms with Gasteiger partial charge in [-0.2, -0.15) is 0 Å². The highest BCUT2D eigenvalue weighted by Crippen LogP contribution is 2.37. The van der Waals surface area contributed by atoms with E-state index in [4.69, 9.17) is 4.74 Å². The first kappa shape index (κ1) is 11.0. The molecule has 1 heterocycles. The third-order valence-corrected chi connectivity index (χ3v) is 3.25. The van der Waals surface area contributed by atoms with Crippen molar-refractivity contribution < 1.29 is 9.84 Å². The molecule has 2 aromatic carbocycles. The molecule has 0 aromatic heterocycles. The van der Waals surface area contributed by atoms with Crippen LogP contribution in [0, 0.1) is 6.92 Å². The summed E-state index contributed by atoms with van der Waals surface area (Å²) in [4.78, 5) is 0. The first-order valence-electron chi connectivity index (χ1n) is 6.02. The molecular formula is C15H15NO2. The van der Waals surface area contributed by atoms with E-state index in [0.717, 1.165) is 17.0 Å². The minimum atomic E-state index is 0.140. The normalized spacial score (nSPS) is 17.1. The van der Waals surface area contributed by atoms with Crippen LogP contribution in [0.4, 0.5) is 5.69 Å². The number of aromatic hydroxyl groups is 1. The van der Waals surface area contributed by atoms with E-state index in [0.29, 0.717) is 6.61 Å². The molecule has 0 amide bonds. The fourth-order valence-electron chi connectivity index (χ4n) is 2.24. The Kier molecular flexibility index (Phi) is 2.59. The van der Waals surface area contributed by atoms with E-state index < -0.39 is 0 Å². The second-order valence-electron chi connectivity index (χ2n) is 4.54. The van der Waals surface area contributed by atoms with Gasteiger partial charge in [-0.15, -0.1) is 0 Å². The molecule has 3 nitrogen and oxygen atoms in total. The van der Waals surface area contributed by atoms with E-state index in [2.05, 4.69) is 24.4 Å². The lowest BCUT2D eigenvalue weighted by Crippen LogP contribution is -2.12. The smallest absolute Gasteiger partial charge is 0.128 e. The first-order valence-corrected chi connectivity index (χ1v) is 6.02. The van der Waals surface area contributed by atoms with Crippen molar-refractivity contribution >= 4 is 5.69 Å². The SMILES string of the molecule is Cc1ccccc1NC1COc2cc(O)ccc21. The van der Waals surface area contributed by atoms with Crippen LogP contribution in [0.1, 0.15) is 17.2 Å². The minimum absolute atomic E-state index is 0.140. The van der Waals surface area contributed by atoms with Gasteiger partial charge in [0, 0.05) is 17.3 Å². The van der Waals surface area contributed by atoms with E-state index in [-0.39, 0.29) is 11.8 Å². The Balaban J connectivity index is 1.87. The predicted octanol–water partition coefficient (Wildman–Crippen LogP) is 3.25. The fraction of sp³-hybridized carbons (Fsp3) is 0.200. The monoisotopic (exact) mass is 241 g/mol. The van der Waals surface area contributed by atoms with Crippen LogP contribution in [0.15, 0.2) is 42.5 Å². The summed E-state index contributed by atoms with van der Waals surface area (Å²) in [6.07, 6.45) is 0. The molecule has 18 heavy (non-hydrogen) atoms. The van der Waals surface area contributed by atoms with Gasteiger partial charge in [0.15, 0.2) is 0 Å². The number of benzene rings is 2. The standard InChI is InChI=1S/C15H15NO2/c1-10-4-2-3-5-13(10)16-14-9-18-15-8-11(17)6-7-12(14)15/h2-8,14,16-17H,9H2,1H3. The average Bonchev–Trinajstić information content (AvgIpc) is 2.74. The number of phenolic OH excluding ortho intramolecular Hbond substituents is 1. The Labute approximate surface area is 106 Å². The van der Waals surface area contributed by atoms with Crippen LogP contribution in [0.25, 0.3) is 0 Å². The highest BCUT2D eigenvalue weighted by molar-refractivity contribution is 5.55. The summed E-state index contributed by atoms with van der Waals surface area (Å²) in [5.41, 5.74) is 3.42. The zero-order valence-electron chi connectivity index (χ0n) is 10.2. The molecule has 1 aliphatic rings. The van der Waals surface area contributed by atoms with Crippen molar-refractivity contribution in [1.29, 1.82) is 0 Å². The van der Waals surface area contributed by atoms with Crippen molar-refractivity contribution in [1.82, 2.24) is 0 Å². The molecule has 1 atom stereocenters. The lowest BCUT2D eigenvalue weighted by molar-refractivity contribution is 0.338. The molecule has 0 spiro atoms. The molecule has 0 aliphatic carbocycles. The van der Waals surface area contributed by atoms with E-state index in [1.54, 1.807) is 12.1 Å². The quantitative estimate of drug-likeness (QED) is 0.848. The molecule has 0 bridgehead atoms. The molecule has 0 fully saturated rings. The first-order chi connectivity index (χ1) is 8.74. The van der Waals surface area contributed by atoms with Gasteiger partial charge < -0.3 is 15.2 Å². The maximum atomic E-state index is 9.42. The van der Waals surface area contributed by atoms with Gasteiger partial charge in [-0.1, -0.05) is 18.2 Å². The number of fused-ring (bicyclic) bond motifs is 1. The Morgan fingerprint density at radius 1 is 1.22 bits per heavy atom. The van der Waals surface area contributed by atoms with Gasteiger partial charge in [0.05, 0.1) is 6.04 Å². The molecule has 0 saturated heterocycles. The largest absolute Gasteiger partial charge is 0.508 e. The van der Waals surface area contributed by atoms with Crippen molar-refractivity contribution in [2.75, 3.05) is 11.9 Å². The van der Waals surface area contributed by atoms with Crippen molar-refractivity contribution in [3.8, 4) is 11.5 Å². The summed E-state index contributed by atoms with van der Waals surface area (Å²) in [7, 11) is 0. The van der Waals surface area contributed by atoms with Crippen LogP contribution in [-0.2, 0) is 0 Å². The van der Waals surface area contributed by atoms with E-state index in [1.165, 1.54) is 5.56 Å². The Hall–Kier alpha value is -2.16. The lowest BCUT2D eigenvalue weighted by Gasteiger charge is -2.15. The van der Waals surface area contributed by atoms with Gasteiger partial charge in [0.25, 0.3) is 0 Å². The maximum absolute atomic E-state index is 9.42. The zero-order chi connectivity index (χ0) is 12.5. The van der Waals surface area contributed by atoms with Crippen LogP contribution in [0.2, 0.25) is 0 Å². The number of aryl methyl sites for hydroxylation is 1. The van der Waals surface area contributed by atoms with Crippen LogP contribution in [0.5, 0.6) is 11.5 Å². The number of hydrogen-bond acceptors (Lipinski definition) is 3. The zero-order valence-corrected chi connectivity index (χ0v) is 10.2. The summed E-state index contributed by atoms with van der Waals surface area (Å²) >= 11 is 0. The van der Waals surface area contributed by atoms with Crippen LogP contribution in [0.3, 0.4) is 0 Å². The predicted molar refractivity (Wildman–Crippen MR) is 71.1 cm³/mol. The highest BCUT2D eigenvalue weighted by Gasteiger charge is 2.24. The number of phenols is 1. The molecule has 1 unspecified atom stereocenters. The summed E-state index contributed by atoms with van der Waals surface area (Å²) in [5, 5.41) is 12.9. The van der Waals surface area contributed by atoms with Crippen LogP contribution >= 0.6 is 0 Å². The average molecular weight is 241 g/mol. The Bertz CT molecular complexity index is 580. The molecule has 92 valence electrons. The molecule has 1 aliphatic heterocycles. The van der Waals surface area contributed by atoms with Crippen molar-refractivity contribution in [3.05, 3.63) is 53.6 Å². The number of para-hydroxylation sites is 1. The van der Waals surface area contributed by atoms with Gasteiger partial charge in [-0.05, 0) is 30.7 Å². The van der Waals surface area contributed by atoms with Gasteiger partial charge in [0.1, 0.15) is 18.1 Å². The van der Waals surface area contributed by atoms with E-state index >= 15 is 0 Å². The number of nitrogens with one attached hydrogen (secondary N) is 1. The van der Waals surface area contributed by atoms with Crippen LogP contribution in [-0.4, -0.2) is 11.7 Å². The van der Waals surface area contributed by atoms with Crippen molar-refractivity contribution in [2.24, 2.45) is 0 Å². The lowest BCUT2D eigenvalue weighted by atomic mass is 10.1. The number of rotatable bonds is 2. The summed E-state index contributed by atoms with van der Waals surface area (Å²) in [6.45, 7) is 2.67. The topological polar surface area (TPSA) is 41.5 Å². The summed E-state index contributed by atoms with van der Waals surface area (Å²) < 4.78 is 5.58. The van der Waals surface area contributed by atoms with E-state index in [9.17, 15) is 5.11 Å². The molecule has 0 saturated carbocycles. The molecular weight excluding hydrogens is 226 g/mol. The maximum Gasteiger partial charge on any atom is 0.128 e. The van der Waals surface area contributed by atoms with Gasteiger partial charge in [-0.3, -0.25) is 0 Å². The van der Waals surface area contributed by atoms with Crippen molar-refractivity contribution in [3.63, 3.8) is 0 Å². The van der Waals surface area contributed by atoms with E-state index in [1.807, 2.05) is 18.2 Å². The van der Waals surface area contributed by atoms with Gasteiger partial charge in [-0.25, -0.2) is 0 Å². The number of anilines is 1. The summed E-state index contributed by atoms with van der Waals surface area (Å²) in [6, 6.07) is 13.6. The number of ether oxygens (including phenoxy) is 1. The Morgan fingerprint density at radius 3 is 2.89 bits per heavy atom. The third-order valence-electron chi connectivity index (χ3n) is 3.25. The molecule has 2 N–H and O–H groups in total. The second-order valence-corrected chi connectivity index (χ2v) is 4.54. The highest BCUT2D eigenvalue weighted by atomic mass is 16.5. The Morgan fingerprint density at radius 2 is 2.06 bits per heavy atom. The summed E-state index contributed by atoms with van der Waals surface area (Å²) in [5.74, 6) is 1.01. The van der Waals surface area contributed by atoms with Crippen LogP contribution < -0.4 is 10.1 Å². The molecule has 0 radical (unpaired) electrons. The molecule has 2 aromatic rings. The van der Waals surface area contributed by atoms with Crippen molar-refractivity contribution in [2.45, 2.75) is 13.0 Å². The van der Waals surface area contributed by atoms with Gasteiger partial charge >= 0.3 is 0 Å².